The Morgan fingerprint density at radius 1 is 0.923 bits per heavy atom. The number of nitrogens with zero attached hydrogens (tertiary/aromatic N) is 1. The predicted molar refractivity (Wildman–Crippen MR) is 98.5 cm³/mol. The zero-order valence-corrected chi connectivity index (χ0v) is 15.2. The van der Waals surface area contributed by atoms with E-state index in [0.29, 0.717) is 28.6 Å². The summed E-state index contributed by atoms with van der Waals surface area (Å²) in [5.74, 6) is 2.23. The second kappa shape index (κ2) is 9.31. The monoisotopic (exact) mass is 358 g/mol. The highest BCUT2D eigenvalue weighted by molar-refractivity contribution is 5.86. The van der Waals surface area contributed by atoms with Gasteiger partial charge in [0.15, 0.2) is 11.5 Å². The molecule has 2 rings (SSSR count). The third kappa shape index (κ3) is 4.89. The Balaban J connectivity index is 2.02. The Labute approximate surface area is 152 Å². The number of benzene rings is 2. The van der Waals surface area contributed by atoms with Gasteiger partial charge in [-0.05, 0) is 35.9 Å². The Kier molecular flexibility index (Phi) is 6.84. The number of hydrogen-bond acceptors (Lipinski definition) is 6. The number of methoxy groups -OCH3 is 4. The summed E-state index contributed by atoms with van der Waals surface area (Å²) < 4.78 is 20.8. The van der Waals surface area contributed by atoms with Gasteiger partial charge in [0, 0.05) is 5.56 Å². The number of amides is 1. The van der Waals surface area contributed by atoms with Crippen molar-refractivity contribution in [3.05, 3.63) is 47.5 Å². The molecule has 0 fully saturated rings. The molecule has 0 radical (unpaired) electrons. The van der Waals surface area contributed by atoms with Crippen LogP contribution in [0.15, 0.2) is 41.5 Å². The number of nitrogens with one attached hydrogen (secondary N) is 1. The maximum Gasteiger partial charge on any atom is 0.244 e. The Morgan fingerprint density at radius 3 is 2.27 bits per heavy atom. The van der Waals surface area contributed by atoms with Gasteiger partial charge in [0.1, 0.15) is 11.5 Å². The van der Waals surface area contributed by atoms with E-state index in [9.17, 15) is 4.79 Å². The molecule has 1 N–H and O–H groups in total. The van der Waals surface area contributed by atoms with Gasteiger partial charge in [-0.15, -0.1) is 0 Å². The first kappa shape index (κ1) is 19.1. The van der Waals surface area contributed by atoms with E-state index in [1.54, 1.807) is 64.8 Å². The molecule has 0 saturated heterocycles. The lowest BCUT2D eigenvalue weighted by atomic mass is 10.1. The minimum absolute atomic E-state index is 0.160. The molecule has 1 amide bonds. The fourth-order valence-electron chi connectivity index (χ4n) is 2.33. The number of carbonyl (C=O) groups excluding carboxylic acids is 1. The molecule has 0 aliphatic heterocycles. The normalized spacial score (nSPS) is 10.5. The van der Waals surface area contributed by atoms with Gasteiger partial charge in [-0.2, -0.15) is 5.10 Å². The van der Waals surface area contributed by atoms with E-state index >= 15 is 0 Å². The molecule has 0 aromatic heterocycles. The van der Waals surface area contributed by atoms with E-state index in [1.165, 1.54) is 6.21 Å². The first-order valence-corrected chi connectivity index (χ1v) is 7.86. The summed E-state index contributed by atoms with van der Waals surface area (Å²) in [5.41, 5.74) is 3.98. The molecular weight excluding hydrogens is 336 g/mol. The van der Waals surface area contributed by atoms with Gasteiger partial charge >= 0.3 is 0 Å². The summed E-state index contributed by atoms with van der Waals surface area (Å²) in [7, 11) is 6.25. The highest BCUT2D eigenvalue weighted by Gasteiger charge is 2.08. The van der Waals surface area contributed by atoms with Gasteiger partial charge in [-0.25, -0.2) is 5.43 Å². The van der Waals surface area contributed by atoms with Crippen LogP contribution in [0.1, 0.15) is 11.1 Å². The lowest BCUT2D eigenvalue weighted by Gasteiger charge is -2.09. The van der Waals surface area contributed by atoms with Gasteiger partial charge in [0.2, 0.25) is 5.91 Å². The van der Waals surface area contributed by atoms with Crippen molar-refractivity contribution in [1.29, 1.82) is 0 Å². The van der Waals surface area contributed by atoms with Crippen LogP contribution in [0.3, 0.4) is 0 Å². The van der Waals surface area contributed by atoms with E-state index in [1.807, 2.05) is 0 Å². The van der Waals surface area contributed by atoms with Crippen LogP contribution >= 0.6 is 0 Å². The van der Waals surface area contributed by atoms with Crippen molar-refractivity contribution in [3.63, 3.8) is 0 Å². The molecule has 2 aromatic rings. The van der Waals surface area contributed by atoms with Crippen LogP contribution in [-0.4, -0.2) is 40.6 Å². The summed E-state index contributed by atoms with van der Waals surface area (Å²) >= 11 is 0. The summed E-state index contributed by atoms with van der Waals surface area (Å²) in [6.07, 6.45) is 1.67. The maximum absolute atomic E-state index is 12.1. The van der Waals surface area contributed by atoms with E-state index in [4.69, 9.17) is 18.9 Å². The second-order valence-electron chi connectivity index (χ2n) is 5.27. The predicted octanol–water partition coefficient (Wildman–Crippen LogP) is 2.41. The average molecular weight is 358 g/mol. The van der Waals surface area contributed by atoms with Crippen molar-refractivity contribution in [2.24, 2.45) is 5.10 Å². The molecule has 0 aliphatic carbocycles. The fourth-order valence-corrected chi connectivity index (χ4v) is 2.33. The quantitative estimate of drug-likeness (QED) is 0.579. The number of carbonyl (C=O) groups is 1. The van der Waals surface area contributed by atoms with Crippen LogP contribution in [-0.2, 0) is 11.2 Å². The summed E-state index contributed by atoms with van der Waals surface area (Å²) in [4.78, 5) is 12.1. The molecular formula is C19H22N2O5. The van der Waals surface area contributed by atoms with Crippen molar-refractivity contribution in [2.75, 3.05) is 28.4 Å². The molecule has 0 spiro atoms. The fraction of sp³-hybridized carbons (Fsp3) is 0.263. The molecule has 7 nitrogen and oxygen atoms in total. The molecule has 0 atom stereocenters. The first-order chi connectivity index (χ1) is 12.6. The van der Waals surface area contributed by atoms with E-state index in [2.05, 4.69) is 10.5 Å². The molecule has 7 heteroatoms. The molecule has 0 unspecified atom stereocenters. The summed E-state index contributed by atoms with van der Waals surface area (Å²) in [6.45, 7) is 0. The molecule has 2 aromatic carbocycles. The largest absolute Gasteiger partial charge is 0.497 e. The number of ether oxygens (including phenoxy) is 4. The molecule has 0 aliphatic rings. The van der Waals surface area contributed by atoms with Gasteiger partial charge in [-0.1, -0.05) is 6.07 Å². The second-order valence-corrected chi connectivity index (χ2v) is 5.27. The SMILES string of the molecule is COc1ccc(OC)c(/C=N/NC(=O)Cc2ccc(OC)c(OC)c2)c1. The number of rotatable bonds is 8. The Bertz CT molecular complexity index is 789. The average Bonchev–Trinajstić information content (AvgIpc) is 2.67. The smallest absolute Gasteiger partial charge is 0.244 e. The van der Waals surface area contributed by atoms with Gasteiger partial charge in [-0.3, -0.25) is 4.79 Å². The minimum atomic E-state index is -0.254. The van der Waals surface area contributed by atoms with Gasteiger partial charge in [0.25, 0.3) is 0 Å². The standard InChI is InChI=1S/C19H22N2O5/c1-23-15-6-8-16(24-2)14(11-15)12-20-21-19(22)10-13-5-7-17(25-3)18(9-13)26-4/h5-9,11-12H,10H2,1-4H3,(H,21,22)/b20-12+. The van der Waals surface area contributed by atoms with Crippen LogP contribution in [0, 0.1) is 0 Å². The Morgan fingerprint density at radius 2 is 1.62 bits per heavy atom. The highest BCUT2D eigenvalue weighted by atomic mass is 16.5. The van der Waals surface area contributed by atoms with Gasteiger partial charge in [0.05, 0.1) is 41.1 Å². The van der Waals surface area contributed by atoms with E-state index in [-0.39, 0.29) is 12.3 Å². The summed E-state index contributed by atoms with van der Waals surface area (Å²) in [6, 6.07) is 10.6. The van der Waals surface area contributed by atoms with Crippen molar-refractivity contribution in [2.45, 2.75) is 6.42 Å². The first-order valence-electron chi connectivity index (χ1n) is 7.86. The molecule has 26 heavy (non-hydrogen) atoms. The topological polar surface area (TPSA) is 78.4 Å². The van der Waals surface area contributed by atoms with Crippen molar-refractivity contribution >= 4 is 12.1 Å². The zero-order chi connectivity index (χ0) is 18.9. The lowest BCUT2D eigenvalue weighted by Crippen LogP contribution is -2.19. The van der Waals surface area contributed by atoms with Crippen molar-refractivity contribution in [3.8, 4) is 23.0 Å². The van der Waals surface area contributed by atoms with Crippen LogP contribution in [0.4, 0.5) is 0 Å². The molecule has 0 saturated carbocycles. The van der Waals surface area contributed by atoms with E-state index in [0.717, 1.165) is 5.56 Å². The summed E-state index contributed by atoms with van der Waals surface area (Å²) in [5, 5.41) is 3.98. The molecule has 138 valence electrons. The third-order valence-corrected chi connectivity index (χ3v) is 3.64. The third-order valence-electron chi connectivity index (χ3n) is 3.64. The van der Waals surface area contributed by atoms with Crippen LogP contribution in [0.5, 0.6) is 23.0 Å². The number of hydrogen-bond donors (Lipinski definition) is 1. The van der Waals surface area contributed by atoms with Crippen molar-refractivity contribution in [1.82, 2.24) is 5.43 Å². The van der Waals surface area contributed by atoms with Crippen LogP contribution in [0.25, 0.3) is 0 Å². The zero-order valence-electron chi connectivity index (χ0n) is 15.2. The highest BCUT2D eigenvalue weighted by Crippen LogP contribution is 2.27. The molecule has 0 heterocycles. The molecule has 0 bridgehead atoms. The minimum Gasteiger partial charge on any atom is -0.497 e. The lowest BCUT2D eigenvalue weighted by molar-refractivity contribution is -0.120. The van der Waals surface area contributed by atoms with Crippen molar-refractivity contribution < 1.29 is 23.7 Å². The van der Waals surface area contributed by atoms with Crippen LogP contribution in [0.2, 0.25) is 0 Å². The van der Waals surface area contributed by atoms with Crippen LogP contribution < -0.4 is 24.4 Å². The van der Waals surface area contributed by atoms with Gasteiger partial charge < -0.3 is 18.9 Å². The number of hydrazone groups is 1. The van der Waals surface area contributed by atoms with E-state index < -0.39 is 0 Å². The maximum atomic E-state index is 12.1. The Hall–Kier alpha value is -3.22.